The first-order chi connectivity index (χ1) is 7.27. The third-order valence-electron chi connectivity index (χ3n) is 2.73. The topological polar surface area (TPSA) is 42.4 Å². The predicted octanol–water partition coefficient (Wildman–Crippen LogP) is 2.19. The van der Waals surface area contributed by atoms with Gasteiger partial charge < -0.3 is 9.84 Å². The number of aromatic nitrogens is 1. The highest BCUT2D eigenvalue weighted by Crippen LogP contribution is 2.29. The van der Waals surface area contributed by atoms with E-state index in [1.807, 2.05) is 0 Å². The maximum absolute atomic E-state index is 10.1. The molecule has 82 valence electrons. The Kier molecular flexibility index (Phi) is 3.57. The highest BCUT2D eigenvalue weighted by atomic mass is 35.5. The fourth-order valence-electron chi connectivity index (χ4n) is 1.89. The summed E-state index contributed by atoms with van der Waals surface area (Å²) in [5.74, 6) is 0.178. The van der Waals surface area contributed by atoms with Gasteiger partial charge in [0.05, 0.1) is 12.7 Å². The molecule has 1 aromatic rings. The number of rotatable bonds is 2. The number of pyridine rings is 1. The lowest BCUT2D eigenvalue weighted by Gasteiger charge is -2.26. The van der Waals surface area contributed by atoms with Gasteiger partial charge in [0.2, 0.25) is 0 Å². The summed E-state index contributed by atoms with van der Waals surface area (Å²) in [7, 11) is 0. The van der Waals surface area contributed by atoms with E-state index in [1.165, 1.54) is 0 Å². The molecular formula is C11H14ClNO2. The molecule has 0 bridgehead atoms. The molecule has 2 atom stereocenters. The number of nitrogens with zero attached hydrogens (tertiary/aromatic N) is 1. The Labute approximate surface area is 94.0 Å². The second-order valence-corrected chi connectivity index (χ2v) is 4.22. The molecule has 0 saturated carbocycles. The zero-order valence-electron chi connectivity index (χ0n) is 8.40. The Morgan fingerprint density at radius 3 is 3.13 bits per heavy atom. The van der Waals surface area contributed by atoms with Gasteiger partial charge in [-0.25, -0.2) is 4.98 Å². The molecule has 1 aromatic heterocycles. The number of ether oxygens (including phenoxy) is 1. The van der Waals surface area contributed by atoms with Crippen LogP contribution in [0, 0.1) is 5.92 Å². The minimum Gasteiger partial charge on any atom is -0.388 e. The average molecular weight is 228 g/mol. The van der Waals surface area contributed by atoms with Gasteiger partial charge in [0.15, 0.2) is 0 Å². The summed E-state index contributed by atoms with van der Waals surface area (Å²) in [5.41, 5.74) is 0.825. The van der Waals surface area contributed by atoms with Gasteiger partial charge in [0, 0.05) is 18.7 Å². The second kappa shape index (κ2) is 4.92. The van der Waals surface area contributed by atoms with E-state index in [-0.39, 0.29) is 5.92 Å². The maximum Gasteiger partial charge on any atom is 0.129 e. The van der Waals surface area contributed by atoms with E-state index < -0.39 is 6.10 Å². The third-order valence-corrected chi connectivity index (χ3v) is 2.94. The zero-order chi connectivity index (χ0) is 10.7. The Balaban J connectivity index is 2.08. The number of aliphatic hydroxyl groups excluding tert-OH is 1. The lowest BCUT2D eigenvalue weighted by molar-refractivity contribution is -0.00999. The first kappa shape index (κ1) is 10.9. The number of hydrogen-bond donors (Lipinski definition) is 1. The van der Waals surface area contributed by atoms with E-state index in [9.17, 15) is 5.11 Å². The lowest BCUT2D eigenvalue weighted by Crippen LogP contribution is -2.23. The lowest BCUT2D eigenvalue weighted by atomic mass is 9.92. The quantitative estimate of drug-likeness (QED) is 0.788. The highest BCUT2D eigenvalue weighted by Gasteiger charge is 2.23. The van der Waals surface area contributed by atoms with Crippen LogP contribution in [0.1, 0.15) is 24.5 Å². The van der Waals surface area contributed by atoms with Crippen molar-refractivity contribution in [2.45, 2.75) is 18.9 Å². The molecule has 4 heteroatoms. The van der Waals surface area contributed by atoms with Crippen molar-refractivity contribution in [3.8, 4) is 0 Å². The molecule has 0 aromatic carbocycles. The van der Waals surface area contributed by atoms with Crippen LogP contribution in [0.25, 0.3) is 0 Å². The van der Waals surface area contributed by atoms with Crippen LogP contribution in [0.15, 0.2) is 18.3 Å². The molecule has 1 N–H and O–H groups in total. The molecule has 2 unspecified atom stereocenters. The molecule has 1 aliphatic rings. The van der Waals surface area contributed by atoms with Crippen LogP contribution in [0.2, 0.25) is 5.15 Å². The van der Waals surface area contributed by atoms with E-state index in [2.05, 4.69) is 4.98 Å². The van der Waals surface area contributed by atoms with Crippen LogP contribution in [0.3, 0.4) is 0 Å². The van der Waals surface area contributed by atoms with Crippen molar-refractivity contribution in [1.29, 1.82) is 0 Å². The fourth-order valence-corrected chi connectivity index (χ4v) is 2.07. The van der Waals surface area contributed by atoms with Crippen LogP contribution in [0.5, 0.6) is 0 Å². The van der Waals surface area contributed by atoms with Crippen molar-refractivity contribution in [3.05, 3.63) is 29.0 Å². The molecule has 3 nitrogen and oxygen atoms in total. The summed E-state index contributed by atoms with van der Waals surface area (Å²) < 4.78 is 5.35. The molecule has 0 spiro atoms. The van der Waals surface area contributed by atoms with Crippen LogP contribution in [-0.2, 0) is 4.74 Å². The number of hydrogen-bond acceptors (Lipinski definition) is 3. The molecular weight excluding hydrogens is 214 g/mol. The second-order valence-electron chi connectivity index (χ2n) is 3.83. The number of aliphatic hydroxyl groups is 1. The van der Waals surface area contributed by atoms with Crippen molar-refractivity contribution in [2.24, 2.45) is 5.92 Å². The van der Waals surface area contributed by atoms with Gasteiger partial charge in [-0.3, -0.25) is 0 Å². The maximum atomic E-state index is 10.1. The van der Waals surface area contributed by atoms with E-state index in [4.69, 9.17) is 16.3 Å². The standard InChI is InChI=1S/C11H14ClNO2/c12-10-6-8(3-4-13-10)11(14)9-2-1-5-15-7-9/h3-4,6,9,11,14H,1-2,5,7H2. The van der Waals surface area contributed by atoms with Crippen LogP contribution in [0.4, 0.5) is 0 Å². The Morgan fingerprint density at radius 2 is 2.47 bits per heavy atom. The minimum atomic E-state index is -0.495. The normalized spacial score (nSPS) is 23.7. The molecule has 2 heterocycles. The summed E-state index contributed by atoms with van der Waals surface area (Å²) in [4.78, 5) is 3.89. The van der Waals surface area contributed by atoms with Crippen LogP contribution >= 0.6 is 11.6 Å². The van der Waals surface area contributed by atoms with Gasteiger partial charge in [-0.05, 0) is 30.5 Å². The molecule has 2 rings (SSSR count). The molecule has 15 heavy (non-hydrogen) atoms. The van der Waals surface area contributed by atoms with Crippen LogP contribution in [-0.4, -0.2) is 23.3 Å². The Hall–Kier alpha value is -0.640. The molecule has 1 saturated heterocycles. The smallest absolute Gasteiger partial charge is 0.129 e. The summed E-state index contributed by atoms with van der Waals surface area (Å²) in [6.45, 7) is 1.43. The molecule has 0 radical (unpaired) electrons. The Morgan fingerprint density at radius 1 is 1.60 bits per heavy atom. The summed E-state index contributed by atoms with van der Waals surface area (Å²) in [6.07, 6.45) is 3.14. The van der Waals surface area contributed by atoms with Gasteiger partial charge in [-0.15, -0.1) is 0 Å². The van der Waals surface area contributed by atoms with Gasteiger partial charge in [-0.2, -0.15) is 0 Å². The van der Waals surface area contributed by atoms with Gasteiger partial charge in [0.1, 0.15) is 5.15 Å². The number of halogens is 1. The van der Waals surface area contributed by atoms with E-state index in [0.29, 0.717) is 11.8 Å². The van der Waals surface area contributed by atoms with Crippen molar-refractivity contribution in [1.82, 2.24) is 4.98 Å². The van der Waals surface area contributed by atoms with Gasteiger partial charge >= 0.3 is 0 Å². The SMILES string of the molecule is OC(c1ccnc(Cl)c1)C1CCCOC1. The molecule has 0 aliphatic carbocycles. The monoisotopic (exact) mass is 227 g/mol. The van der Waals surface area contributed by atoms with E-state index >= 15 is 0 Å². The summed E-state index contributed by atoms with van der Waals surface area (Å²) in [6, 6.07) is 3.51. The zero-order valence-corrected chi connectivity index (χ0v) is 9.15. The van der Waals surface area contributed by atoms with Crippen molar-refractivity contribution in [2.75, 3.05) is 13.2 Å². The third kappa shape index (κ3) is 2.68. The highest BCUT2D eigenvalue weighted by molar-refractivity contribution is 6.29. The summed E-state index contributed by atoms with van der Waals surface area (Å²) >= 11 is 5.77. The molecule has 1 fully saturated rings. The van der Waals surface area contributed by atoms with E-state index in [1.54, 1.807) is 18.3 Å². The fraction of sp³-hybridized carbons (Fsp3) is 0.545. The van der Waals surface area contributed by atoms with Gasteiger partial charge in [-0.1, -0.05) is 11.6 Å². The van der Waals surface area contributed by atoms with Crippen LogP contribution < -0.4 is 0 Å². The average Bonchev–Trinajstić information content (AvgIpc) is 2.29. The summed E-state index contributed by atoms with van der Waals surface area (Å²) in [5, 5.41) is 10.5. The Bertz CT molecular complexity index is 326. The van der Waals surface area contributed by atoms with Crippen molar-refractivity contribution < 1.29 is 9.84 Å². The first-order valence-electron chi connectivity index (χ1n) is 5.14. The van der Waals surface area contributed by atoms with E-state index in [0.717, 1.165) is 25.0 Å². The van der Waals surface area contributed by atoms with Crippen molar-refractivity contribution >= 4 is 11.6 Å². The van der Waals surface area contributed by atoms with Crippen molar-refractivity contribution in [3.63, 3.8) is 0 Å². The largest absolute Gasteiger partial charge is 0.388 e. The first-order valence-corrected chi connectivity index (χ1v) is 5.52. The molecule has 1 aliphatic heterocycles. The molecule has 0 amide bonds. The predicted molar refractivity (Wildman–Crippen MR) is 57.7 cm³/mol. The minimum absolute atomic E-state index is 0.178. The van der Waals surface area contributed by atoms with Gasteiger partial charge in [0.25, 0.3) is 0 Å².